The number of sulfonamides is 1. The summed E-state index contributed by atoms with van der Waals surface area (Å²) in [5, 5.41) is 23.6. The first-order valence-corrected chi connectivity index (χ1v) is 17.2. The number of rotatable bonds is 15. The maximum atomic E-state index is 13.8. The van der Waals surface area contributed by atoms with Crippen molar-refractivity contribution in [2.75, 3.05) is 36.5 Å². The number of hydrogen-bond acceptors (Lipinski definition) is 7. The first kappa shape index (κ1) is 35.1. The Labute approximate surface area is 277 Å². The molecule has 0 aliphatic heterocycles. The molecule has 0 saturated heterocycles. The van der Waals surface area contributed by atoms with E-state index in [0.717, 1.165) is 32.9 Å². The molecule has 0 aliphatic carbocycles. The van der Waals surface area contributed by atoms with Crippen molar-refractivity contribution >= 4 is 33.2 Å². The molecule has 47 heavy (non-hydrogen) atoms. The van der Waals surface area contributed by atoms with Gasteiger partial charge in [0.05, 0.1) is 30.1 Å². The number of carbonyl (C=O) groups excluding carboxylic acids is 2. The first-order chi connectivity index (χ1) is 22.4. The quantitative estimate of drug-likeness (QED) is 0.130. The van der Waals surface area contributed by atoms with E-state index in [4.69, 9.17) is 0 Å². The van der Waals surface area contributed by atoms with Crippen molar-refractivity contribution in [1.29, 1.82) is 0 Å². The molecule has 4 aromatic carbocycles. The molecule has 0 saturated carbocycles. The van der Waals surface area contributed by atoms with Crippen LogP contribution in [0.3, 0.4) is 0 Å². The number of aliphatic hydroxyl groups is 1. The normalized spacial score (nSPS) is 13.2. The van der Waals surface area contributed by atoms with Crippen LogP contribution in [0.1, 0.15) is 50.4 Å². The Hall–Kier alpha value is -4.71. The lowest BCUT2D eigenvalue weighted by molar-refractivity contribution is 0.0830. The molecule has 248 valence electrons. The van der Waals surface area contributed by atoms with Crippen molar-refractivity contribution in [3.05, 3.63) is 131 Å². The summed E-state index contributed by atoms with van der Waals surface area (Å²) >= 11 is 0. The molecule has 0 spiro atoms. The number of carbonyl (C=O) groups is 2. The van der Waals surface area contributed by atoms with Crippen LogP contribution in [0.5, 0.6) is 0 Å². The molecule has 0 heterocycles. The molecule has 0 bridgehead atoms. The van der Waals surface area contributed by atoms with E-state index in [9.17, 15) is 23.1 Å². The minimum Gasteiger partial charge on any atom is -0.390 e. The predicted molar refractivity (Wildman–Crippen MR) is 187 cm³/mol. The molecule has 0 fully saturated rings. The maximum Gasteiger partial charge on any atom is 0.251 e. The molecule has 4 aromatic rings. The van der Waals surface area contributed by atoms with Gasteiger partial charge in [0.2, 0.25) is 10.0 Å². The van der Waals surface area contributed by atoms with Gasteiger partial charge in [-0.15, -0.1) is 0 Å². The van der Waals surface area contributed by atoms with Crippen LogP contribution in [0.4, 0.5) is 11.4 Å². The molecule has 0 aliphatic rings. The predicted octanol–water partition coefficient (Wildman–Crippen LogP) is 4.11. The smallest absolute Gasteiger partial charge is 0.251 e. The Balaban J connectivity index is 1.58. The van der Waals surface area contributed by atoms with E-state index in [0.29, 0.717) is 13.0 Å². The summed E-state index contributed by atoms with van der Waals surface area (Å²) < 4.78 is 25.9. The highest BCUT2D eigenvalue weighted by atomic mass is 32.2. The summed E-state index contributed by atoms with van der Waals surface area (Å²) in [4.78, 5) is 27.2. The van der Waals surface area contributed by atoms with Gasteiger partial charge in [-0.05, 0) is 60.4 Å². The van der Waals surface area contributed by atoms with Crippen molar-refractivity contribution in [3.8, 4) is 0 Å². The summed E-state index contributed by atoms with van der Waals surface area (Å²) in [7, 11) is -0.493. The van der Waals surface area contributed by atoms with Gasteiger partial charge in [0.25, 0.3) is 11.8 Å². The highest BCUT2D eigenvalue weighted by Gasteiger charge is 2.25. The molecule has 2 amide bonds. The lowest BCUT2D eigenvalue weighted by atomic mass is 10.00. The molecular weight excluding hydrogens is 614 g/mol. The van der Waals surface area contributed by atoms with E-state index in [1.807, 2.05) is 98.9 Å². The molecule has 10 nitrogen and oxygen atoms in total. The van der Waals surface area contributed by atoms with Gasteiger partial charge in [0.1, 0.15) is 0 Å². The van der Waals surface area contributed by atoms with E-state index < -0.39 is 34.0 Å². The zero-order chi connectivity index (χ0) is 34.0. The topological polar surface area (TPSA) is 140 Å². The Morgan fingerprint density at radius 3 is 2.02 bits per heavy atom. The molecule has 4 rings (SSSR count). The molecular formula is C36H43N5O5S. The maximum absolute atomic E-state index is 13.8. The van der Waals surface area contributed by atoms with Crippen molar-refractivity contribution in [3.63, 3.8) is 0 Å². The second kappa shape index (κ2) is 16.2. The van der Waals surface area contributed by atoms with Gasteiger partial charge in [-0.3, -0.25) is 13.9 Å². The van der Waals surface area contributed by atoms with E-state index in [2.05, 4.69) is 21.3 Å². The highest BCUT2D eigenvalue weighted by Crippen LogP contribution is 2.22. The largest absolute Gasteiger partial charge is 0.390 e. The van der Waals surface area contributed by atoms with Crippen molar-refractivity contribution in [1.82, 2.24) is 16.0 Å². The van der Waals surface area contributed by atoms with Gasteiger partial charge in [-0.2, -0.15) is 0 Å². The van der Waals surface area contributed by atoms with E-state index >= 15 is 0 Å². The summed E-state index contributed by atoms with van der Waals surface area (Å²) in [5.74, 6) is -1.02. The molecule has 5 N–H and O–H groups in total. The van der Waals surface area contributed by atoms with E-state index in [1.165, 1.54) is 25.2 Å². The number of anilines is 2. The van der Waals surface area contributed by atoms with Gasteiger partial charge in [0, 0.05) is 44.0 Å². The lowest BCUT2D eigenvalue weighted by Crippen LogP contribution is -2.48. The highest BCUT2D eigenvalue weighted by molar-refractivity contribution is 7.92. The minimum atomic E-state index is -3.70. The molecule has 0 radical (unpaired) electrons. The lowest BCUT2D eigenvalue weighted by Gasteiger charge is -2.26. The van der Waals surface area contributed by atoms with E-state index in [1.54, 1.807) is 0 Å². The number of aliphatic hydroxyl groups excluding tert-OH is 1. The van der Waals surface area contributed by atoms with Crippen LogP contribution in [0, 0.1) is 0 Å². The Kier molecular flexibility index (Phi) is 12.1. The van der Waals surface area contributed by atoms with Crippen molar-refractivity contribution in [2.24, 2.45) is 0 Å². The average molecular weight is 658 g/mol. The first-order valence-electron chi connectivity index (χ1n) is 15.4. The number of hydrogen-bond donors (Lipinski definition) is 5. The number of benzene rings is 4. The van der Waals surface area contributed by atoms with Gasteiger partial charge < -0.3 is 26.4 Å². The fraction of sp³-hybridized carbons (Fsp3) is 0.278. The summed E-state index contributed by atoms with van der Waals surface area (Å²) in [5.41, 5.74) is 4.18. The standard InChI is InChI=1S/C36H43N5O5S/c1-25(28-15-9-6-10-16-28)39-35(43)29-20-30(22-32(21-29)41(3)47(4,45)46)36(44)40-33(19-26-12-7-5-8-13-26)34(42)24-38-23-27-14-11-17-31(18-27)37-2/h5-18,20-22,25,33-34,37-38,42H,19,23-24H2,1-4H3,(H,39,43)(H,40,44). The van der Waals surface area contributed by atoms with Crippen LogP contribution in [0.25, 0.3) is 0 Å². The zero-order valence-corrected chi connectivity index (χ0v) is 27.9. The van der Waals surface area contributed by atoms with Crippen LogP contribution in [-0.2, 0) is 23.0 Å². The SMILES string of the molecule is CNc1cccc(CNCC(O)C(Cc2ccccc2)NC(=O)c2cc(C(=O)NC(C)c3ccccc3)cc(N(C)S(C)(=O)=O)c2)c1. The van der Waals surface area contributed by atoms with Crippen LogP contribution < -0.4 is 25.6 Å². The molecule has 0 aromatic heterocycles. The number of nitrogens with zero attached hydrogens (tertiary/aromatic N) is 1. The second-order valence-electron chi connectivity index (χ2n) is 11.5. The summed E-state index contributed by atoms with van der Waals surface area (Å²) in [6, 6.07) is 30.1. The minimum absolute atomic E-state index is 0.0811. The summed E-state index contributed by atoms with van der Waals surface area (Å²) in [6.07, 6.45) is 0.420. The molecule has 3 atom stereocenters. The number of nitrogens with one attached hydrogen (secondary N) is 4. The van der Waals surface area contributed by atoms with Crippen molar-refractivity contribution in [2.45, 2.75) is 38.1 Å². The fourth-order valence-electron chi connectivity index (χ4n) is 5.10. The fourth-order valence-corrected chi connectivity index (χ4v) is 5.59. The van der Waals surface area contributed by atoms with Gasteiger partial charge in [-0.1, -0.05) is 72.8 Å². The van der Waals surface area contributed by atoms with Crippen molar-refractivity contribution < 1.29 is 23.1 Å². The van der Waals surface area contributed by atoms with Gasteiger partial charge in [0.15, 0.2) is 0 Å². The molecule has 3 unspecified atom stereocenters. The third-order valence-corrected chi connectivity index (χ3v) is 9.13. The van der Waals surface area contributed by atoms with Gasteiger partial charge >= 0.3 is 0 Å². The zero-order valence-electron chi connectivity index (χ0n) is 27.1. The third kappa shape index (κ3) is 10.1. The Bertz CT molecular complexity index is 1750. The monoisotopic (exact) mass is 657 g/mol. The van der Waals surface area contributed by atoms with Crippen LogP contribution >= 0.6 is 0 Å². The Morgan fingerprint density at radius 1 is 0.809 bits per heavy atom. The number of amides is 2. The molecule has 11 heteroatoms. The van der Waals surface area contributed by atoms with Crippen LogP contribution in [0.2, 0.25) is 0 Å². The third-order valence-electron chi connectivity index (χ3n) is 7.93. The Morgan fingerprint density at radius 2 is 1.40 bits per heavy atom. The average Bonchev–Trinajstić information content (AvgIpc) is 3.07. The summed E-state index contributed by atoms with van der Waals surface area (Å²) in [6.45, 7) is 2.55. The second-order valence-corrected chi connectivity index (χ2v) is 13.5. The van der Waals surface area contributed by atoms with Crippen LogP contribution in [-0.4, -0.2) is 64.4 Å². The van der Waals surface area contributed by atoms with E-state index in [-0.39, 0.29) is 29.4 Å². The van der Waals surface area contributed by atoms with Crippen LogP contribution in [0.15, 0.2) is 103 Å². The van der Waals surface area contributed by atoms with Gasteiger partial charge in [-0.25, -0.2) is 8.42 Å².